The van der Waals surface area contributed by atoms with E-state index in [0.717, 1.165) is 21.6 Å². The zero-order valence-electron chi connectivity index (χ0n) is 9.65. The highest BCUT2D eigenvalue weighted by Crippen LogP contribution is 2.28. The fourth-order valence-electron chi connectivity index (χ4n) is 1.79. The number of aryl methyl sites for hydroxylation is 1. The van der Waals surface area contributed by atoms with Crippen LogP contribution in [-0.2, 0) is 6.54 Å². The molecule has 0 unspecified atom stereocenters. The number of aromatic nitrogens is 2. The summed E-state index contributed by atoms with van der Waals surface area (Å²) in [5, 5.41) is 0. The number of anilines is 1. The van der Waals surface area contributed by atoms with E-state index in [-0.39, 0.29) is 0 Å². The monoisotopic (exact) mass is 291 g/mol. The number of allylic oxidation sites excluding steroid dienone is 1. The Labute approximate surface area is 109 Å². The minimum absolute atomic E-state index is 0.679. The number of rotatable bonds is 3. The summed E-state index contributed by atoms with van der Waals surface area (Å²) in [5.41, 5.74) is 7.95. The van der Waals surface area contributed by atoms with Crippen molar-refractivity contribution >= 4 is 21.7 Å². The molecule has 4 heteroatoms. The molecule has 0 radical (unpaired) electrons. The fourth-order valence-corrected chi connectivity index (χ4v) is 2.19. The molecule has 17 heavy (non-hydrogen) atoms. The first-order chi connectivity index (χ1) is 8.13. The number of imidazole rings is 1. The second-order valence-corrected chi connectivity index (χ2v) is 4.72. The van der Waals surface area contributed by atoms with Gasteiger partial charge in [-0.1, -0.05) is 34.1 Å². The zero-order valence-corrected chi connectivity index (χ0v) is 11.2. The van der Waals surface area contributed by atoms with Crippen LogP contribution in [0.15, 0.2) is 41.4 Å². The van der Waals surface area contributed by atoms with Crippen molar-refractivity contribution < 1.29 is 0 Å². The largest absolute Gasteiger partial charge is 0.383 e. The molecule has 0 saturated carbocycles. The van der Waals surface area contributed by atoms with E-state index in [2.05, 4.69) is 27.5 Å². The lowest BCUT2D eigenvalue weighted by atomic mass is 10.1. The van der Waals surface area contributed by atoms with Gasteiger partial charge in [0.05, 0.1) is 0 Å². The summed E-state index contributed by atoms with van der Waals surface area (Å²) in [6.07, 6.45) is 1.82. The molecule has 0 atom stereocenters. The van der Waals surface area contributed by atoms with E-state index in [0.29, 0.717) is 12.4 Å². The molecule has 2 rings (SSSR count). The Kier molecular flexibility index (Phi) is 3.33. The number of nitrogen functional groups attached to an aromatic ring is 1. The van der Waals surface area contributed by atoms with Crippen molar-refractivity contribution in [1.82, 2.24) is 9.55 Å². The molecule has 1 aromatic heterocycles. The first kappa shape index (κ1) is 11.9. The fraction of sp³-hybridized carbons (Fsp3) is 0.154. The predicted molar refractivity (Wildman–Crippen MR) is 74.7 cm³/mol. The summed E-state index contributed by atoms with van der Waals surface area (Å²) in [5.74, 6) is 1.58. The molecule has 0 aliphatic heterocycles. The van der Waals surface area contributed by atoms with Crippen LogP contribution in [0.25, 0.3) is 11.3 Å². The van der Waals surface area contributed by atoms with Gasteiger partial charge in [-0.2, -0.15) is 0 Å². The number of nitrogens with two attached hydrogens (primary N) is 1. The van der Waals surface area contributed by atoms with Crippen LogP contribution in [0.3, 0.4) is 0 Å². The van der Waals surface area contributed by atoms with Gasteiger partial charge in [-0.15, -0.1) is 6.58 Å². The molecule has 0 aliphatic carbocycles. The summed E-state index contributed by atoms with van der Waals surface area (Å²) < 4.78 is 2.97. The third-order valence-electron chi connectivity index (χ3n) is 2.61. The average molecular weight is 292 g/mol. The Hall–Kier alpha value is -1.55. The molecule has 0 aliphatic rings. The van der Waals surface area contributed by atoms with Gasteiger partial charge in [-0.25, -0.2) is 4.98 Å². The quantitative estimate of drug-likeness (QED) is 0.881. The molecular weight excluding hydrogens is 278 g/mol. The van der Waals surface area contributed by atoms with E-state index < -0.39 is 0 Å². The van der Waals surface area contributed by atoms with Gasteiger partial charge in [0.1, 0.15) is 17.3 Å². The standard InChI is InChI=1S/C13H14BrN3/c1-3-7-17-9(2)16-12(13(17)15)10-5-4-6-11(14)8-10/h3-6,8H,1,7,15H2,2H3. The third-order valence-corrected chi connectivity index (χ3v) is 3.10. The highest BCUT2D eigenvalue weighted by Gasteiger charge is 2.12. The van der Waals surface area contributed by atoms with Crippen LogP contribution in [0.2, 0.25) is 0 Å². The maximum Gasteiger partial charge on any atom is 0.132 e. The Morgan fingerprint density at radius 2 is 2.29 bits per heavy atom. The van der Waals surface area contributed by atoms with E-state index in [1.54, 1.807) is 0 Å². The molecule has 1 heterocycles. The van der Waals surface area contributed by atoms with Crippen LogP contribution in [0.4, 0.5) is 5.82 Å². The van der Waals surface area contributed by atoms with Crippen LogP contribution < -0.4 is 5.73 Å². The van der Waals surface area contributed by atoms with Gasteiger partial charge in [0.15, 0.2) is 0 Å². The lowest BCUT2D eigenvalue weighted by molar-refractivity contribution is 0.792. The average Bonchev–Trinajstić information content (AvgIpc) is 2.57. The number of nitrogens with zero attached hydrogens (tertiary/aromatic N) is 2. The first-order valence-corrected chi connectivity index (χ1v) is 6.12. The molecule has 3 nitrogen and oxygen atoms in total. The van der Waals surface area contributed by atoms with Crippen molar-refractivity contribution in [3.63, 3.8) is 0 Å². The lowest BCUT2D eigenvalue weighted by Gasteiger charge is -2.04. The molecule has 1 aromatic carbocycles. The molecule has 2 aromatic rings. The van der Waals surface area contributed by atoms with Crippen molar-refractivity contribution in [3.8, 4) is 11.3 Å². The topological polar surface area (TPSA) is 43.8 Å². The SMILES string of the molecule is C=CCn1c(C)nc(-c2cccc(Br)c2)c1N. The molecule has 88 valence electrons. The lowest BCUT2D eigenvalue weighted by Crippen LogP contribution is -2.03. The van der Waals surface area contributed by atoms with Crippen molar-refractivity contribution in [2.24, 2.45) is 0 Å². The van der Waals surface area contributed by atoms with Gasteiger partial charge in [0.25, 0.3) is 0 Å². The minimum Gasteiger partial charge on any atom is -0.383 e. The van der Waals surface area contributed by atoms with Crippen LogP contribution in [0, 0.1) is 6.92 Å². The van der Waals surface area contributed by atoms with E-state index in [1.807, 2.05) is 41.8 Å². The van der Waals surface area contributed by atoms with Gasteiger partial charge >= 0.3 is 0 Å². The summed E-state index contributed by atoms with van der Waals surface area (Å²) in [6, 6.07) is 7.96. The molecular formula is C13H14BrN3. The van der Waals surface area contributed by atoms with Crippen LogP contribution >= 0.6 is 15.9 Å². The Morgan fingerprint density at radius 1 is 1.53 bits per heavy atom. The van der Waals surface area contributed by atoms with Crippen LogP contribution in [0.5, 0.6) is 0 Å². The van der Waals surface area contributed by atoms with Crippen LogP contribution in [0.1, 0.15) is 5.82 Å². The Balaban J connectivity index is 2.53. The number of hydrogen-bond donors (Lipinski definition) is 1. The normalized spacial score (nSPS) is 10.5. The zero-order chi connectivity index (χ0) is 12.4. The molecule has 0 saturated heterocycles. The van der Waals surface area contributed by atoms with Gasteiger partial charge in [0.2, 0.25) is 0 Å². The molecule has 2 N–H and O–H groups in total. The van der Waals surface area contributed by atoms with Gasteiger partial charge < -0.3 is 10.3 Å². The Morgan fingerprint density at radius 3 is 2.94 bits per heavy atom. The molecule has 0 amide bonds. The second-order valence-electron chi connectivity index (χ2n) is 3.80. The van der Waals surface area contributed by atoms with Gasteiger partial charge in [-0.3, -0.25) is 0 Å². The second kappa shape index (κ2) is 4.75. The maximum atomic E-state index is 6.11. The van der Waals surface area contributed by atoms with E-state index >= 15 is 0 Å². The van der Waals surface area contributed by atoms with E-state index in [1.165, 1.54) is 0 Å². The summed E-state index contributed by atoms with van der Waals surface area (Å²) in [6.45, 7) is 6.35. The molecule has 0 fully saturated rings. The third kappa shape index (κ3) is 2.26. The van der Waals surface area contributed by atoms with E-state index in [4.69, 9.17) is 5.73 Å². The number of hydrogen-bond acceptors (Lipinski definition) is 2. The van der Waals surface area contributed by atoms with Gasteiger partial charge in [0, 0.05) is 16.6 Å². The smallest absolute Gasteiger partial charge is 0.132 e. The van der Waals surface area contributed by atoms with Crippen molar-refractivity contribution in [1.29, 1.82) is 0 Å². The highest BCUT2D eigenvalue weighted by atomic mass is 79.9. The number of halogens is 1. The highest BCUT2D eigenvalue weighted by molar-refractivity contribution is 9.10. The predicted octanol–water partition coefficient (Wildman–Crippen LogP) is 3.39. The van der Waals surface area contributed by atoms with E-state index in [9.17, 15) is 0 Å². The summed E-state index contributed by atoms with van der Waals surface area (Å²) in [4.78, 5) is 4.51. The summed E-state index contributed by atoms with van der Waals surface area (Å²) >= 11 is 3.45. The molecule has 0 spiro atoms. The molecule has 0 bridgehead atoms. The maximum absolute atomic E-state index is 6.11. The minimum atomic E-state index is 0.679. The number of benzene rings is 1. The summed E-state index contributed by atoms with van der Waals surface area (Å²) in [7, 11) is 0. The van der Waals surface area contributed by atoms with Crippen molar-refractivity contribution in [2.45, 2.75) is 13.5 Å². The van der Waals surface area contributed by atoms with Crippen molar-refractivity contribution in [2.75, 3.05) is 5.73 Å². The Bertz CT molecular complexity index is 558. The van der Waals surface area contributed by atoms with Crippen molar-refractivity contribution in [3.05, 3.63) is 47.2 Å². The van der Waals surface area contributed by atoms with Crippen LogP contribution in [-0.4, -0.2) is 9.55 Å². The van der Waals surface area contributed by atoms with Gasteiger partial charge in [-0.05, 0) is 19.1 Å². The first-order valence-electron chi connectivity index (χ1n) is 5.33.